The van der Waals surface area contributed by atoms with Crippen LogP contribution in [0.1, 0.15) is 6.92 Å². The molecule has 0 radical (unpaired) electrons. The summed E-state index contributed by atoms with van der Waals surface area (Å²) in [5.41, 5.74) is -0.138. The van der Waals surface area contributed by atoms with Crippen molar-refractivity contribution in [3.8, 4) is 0 Å². The predicted octanol–water partition coefficient (Wildman–Crippen LogP) is 0.518. The van der Waals surface area contributed by atoms with Gasteiger partial charge in [-0.25, -0.2) is 4.68 Å². The first-order valence-corrected chi connectivity index (χ1v) is 6.12. The number of esters is 1. The molecule has 1 heterocycles. The van der Waals surface area contributed by atoms with E-state index in [1.807, 2.05) is 6.92 Å². The number of halogens is 1. The monoisotopic (exact) mass is 289 g/mol. The predicted molar refractivity (Wildman–Crippen MR) is 70.5 cm³/mol. The highest BCUT2D eigenvalue weighted by Crippen LogP contribution is 2.14. The van der Waals surface area contributed by atoms with E-state index < -0.39 is 11.5 Å². The van der Waals surface area contributed by atoms with E-state index in [0.29, 0.717) is 25.4 Å². The Kier molecular flexibility index (Phi) is 6.31. The molecule has 0 aliphatic carbocycles. The molecule has 0 unspecified atom stereocenters. The van der Waals surface area contributed by atoms with Crippen molar-refractivity contribution in [3.05, 3.63) is 21.6 Å². The van der Waals surface area contributed by atoms with Crippen LogP contribution in [0.15, 0.2) is 11.0 Å². The molecule has 106 valence electrons. The summed E-state index contributed by atoms with van der Waals surface area (Å²) in [5.74, 6) is -0.567. The molecule has 1 aromatic rings. The Bertz CT molecular complexity index is 489. The summed E-state index contributed by atoms with van der Waals surface area (Å²) in [5, 5.41) is 6.76. The van der Waals surface area contributed by atoms with Crippen molar-refractivity contribution in [2.45, 2.75) is 13.5 Å². The highest BCUT2D eigenvalue weighted by Gasteiger charge is 2.11. The molecular formula is C11H16ClN3O4. The first-order valence-electron chi connectivity index (χ1n) is 5.74. The van der Waals surface area contributed by atoms with Crippen LogP contribution < -0.4 is 10.9 Å². The number of carbonyl (C=O) groups excluding carboxylic acids is 1. The van der Waals surface area contributed by atoms with Crippen molar-refractivity contribution >= 4 is 23.3 Å². The number of nitrogens with one attached hydrogen (secondary N) is 1. The Balaban J connectivity index is 2.74. The number of aromatic nitrogens is 2. The van der Waals surface area contributed by atoms with Crippen molar-refractivity contribution in [2.24, 2.45) is 0 Å². The zero-order valence-corrected chi connectivity index (χ0v) is 11.6. The van der Waals surface area contributed by atoms with Crippen LogP contribution in [-0.4, -0.2) is 42.6 Å². The van der Waals surface area contributed by atoms with E-state index in [2.05, 4.69) is 15.2 Å². The first kappa shape index (κ1) is 15.5. The highest BCUT2D eigenvalue weighted by atomic mass is 35.5. The van der Waals surface area contributed by atoms with Gasteiger partial charge in [0.1, 0.15) is 11.6 Å². The normalized spacial score (nSPS) is 10.3. The Morgan fingerprint density at radius 1 is 1.58 bits per heavy atom. The zero-order chi connectivity index (χ0) is 14.3. The fourth-order valence-corrected chi connectivity index (χ4v) is 1.50. The van der Waals surface area contributed by atoms with E-state index in [1.54, 1.807) is 0 Å². The topological polar surface area (TPSA) is 82.4 Å². The minimum atomic E-state index is -0.567. The second kappa shape index (κ2) is 7.75. The average Bonchev–Trinajstić information content (AvgIpc) is 2.42. The largest absolute Gasteiger partial charge is 0.468 e. The van der Waals surface area contributed by atoms with E-state index in [1.165, 1.54) is 13.3 Å². The lowest BCUT2D eigenvalue weighted by molar-refractivity contribution is -0.141. The molecule has 7 nitrogen and oxygen atoms in total. The first-order chi connectivity index (χ1) is 9.10. The van der Waals surface area contributed by atoms with Gasteiger partial charge < -0.3 is 14.8 Å². The number of methoxy groups -OCH3 is 1. The maximum atomic E-state index is 11.8. The van der Waals surface area contributed by atoms with Crippen LogP contribution in [-0.2, 0) is 20.8 Å². The van der Waals surface area contributed by atoms with Gasteiger partial charge >= 0.3 is 5.97 Å². The van der Waals surface area contributed by atoms with Crippen LogP contribution in [0.4, 0.5) is 5.69 Å². The summed E-state index contributed by atoms with van der Waals surface area (Å²) in [6.07, 6.45) is 1.39. The van der Waals surface area contributed by atoms with Crippen LogP contribution in [0.3, 0.4) is 0 Å². The summed E-state index contributed by atoms with van der Waals surface area (Å²) < 4.78 is 10.5. The van der Waals surface area contributed by atoms with Crippen LogP contribution >= 0.6 is 11.6 Å². The molecule has 0 saturated carbocycles. The van der Waals surface area contributed by atoms with Crippen LogP contribution in [0, 0.1) is 0 Å². The van der Waals surface area contributed by atoms with Gasteiger partial charge in [-0.2, -0.15) is 5.10 Å². The van der Waals surface area contributed by atoms with Gasteiger partial charge in [-0.05, 0) is 6.92 Å². The fraction of sp³-hybridized carbons (Fsp3) is 0.545. The molecule has 0 aliphatic heterocycles. The molecule has 0 aromatic carbocycles. The molecule has 0 aliphatic rings. The maximum absolute atomic E-state index is 11.8. The highest BCUT2D eigenvalue weighted by molar-refractivity contribution is 6.32. The van der Waals surface area contributed by atoms with Gasteiger partial charge in [0.25, 0.3) is 5.56 Å². The van der Waals surface area contributed by atoms with E-state index >= 15 is 0 Å². The van der Waals surface area contributed by atoms with Gasteiger partial charge in [0.15, 0.2) is 0 Å². The smallest absolute Gasteiger partial charge is 0.327 e. The second-order valence-electron chi connectivity index (χ2n) is 3.53. The minimum absolute atomic E-state index is 0.0181. The number of carbonyl (C=O) groups is 1. The van der Waals surface area contributed by atoms with Gasteiger partial charge in [0, 0.05) is 13.2 Å². The molecule has 0 spiro atoms. The third-order valence-electron chi connectivity index (χ3n) is 2.26. The second-order valence-corrected chi connectivity index (χ2v) is 3.91. The average molecular weight is 290 g/mol. The molecule has 0 saturated heterocycles. The lowest BCUT2D eigenvalue weighted by Crippen LogP contribution is -2.28. The van der Waals surface area contributed by atoms with Gasteiger partial charge in [-0.15, -0.1) is 0 Å². The third kappa shape index (κ3) is 4.53. The number of nitrogens with zero attached hydrogens (tertiary/aromatic N) is 2. The van der Waals surface area contributed by atoms with Crippen LogP contribution in [0.25, 0.3) is 0 Å². The van der Waals surface area contributed by atoms with E-state index in [4.69, 9.17) is 16.3 Å². The molecule has 0 amide bonds. The van der Waals surface area contributed by atoms with Crippen molar-refractivity contribution in [1.82, 2.24) is 9.78 Å². The summed E-state index contributed by atoms with van der Waals surface area (Å²) in [6, 6.07) is 0. The SMILES string of the molecule is CCOCCNc1cnn(CC(=O)OC)c(=O)c1Cl. The number of hydrogen-bond donors (Lipinski definition) is 1. The molecule has 0 atom stereocenters. The van der Waals surface area contributed by atoms with Crippen LogP contribution in [0.5, 0.6) is 0 Å². The van der Waals surface area contributed by atoms with E-state index in [9.17, 15) is 9.59 Å². The molecule has 8 heteroatoms. The van der Waals surface area contributed by atoms with Crippen molar-refractivity contribution in [2.75, 3.05) is 32.2 Å². The van der Waals surface area contributed by atoms with Crippen molar-refractivity contribution in [1.29, 1.82) is 0 Å². The molecule has 1 rings (SSSR count). The third-order valence-corrected chi connectivity index (χ3v) is 2.62. The Morgan fingerprint density at radius 3 is 2.95 bits per heavy atom. The lowest BCUT2D eigenvalue weighted by Gasteiger charge is -2.09. The zero-order valence-electron chi connectivity index (χ0n) is 10.8. The van der Waals surface area contributed by atoms with Gasteiger partial charge in [0.2, 0.25) is 0 Å². The molecule has 19 heavy (non-hydrogen) atoms. The summed E-state index contributed by atoms with van der Waals surface area (Å²) in [6.45, 7) is 3.25. The molecular weight excluding hydrogens is 274 g/mol. The summed E-state index contributed by atoms with van der Waals surface area (Å²) >= 11 is 5.91. The fourth-order valence-electron chi connectivity index (χ4n) is 1.29. The molecule has 1 N–H and O–H groups in total. The molecule has 1 aromatic heterocycles. The van der Waals surface area contributed by atoms with Crippen molar-refractivity contribution in [3.63, 3.8) is 0 Å². The lowest BCUT2D eigenvalue weighted by atomic mass is 10.4. The van der Waals surface area contributed by atoms with Gasteiger partial charge in [-0.1, -0.05) is 11.6 Å². The number of anilines is 1. The molecule has 0 bridgehead atoms. The van der Waals surface area contributed by atoms with Crippen molar-refractivity contribution < 1.29 is 14.3 Å². The standard InChI is InChI=1S/C11H16ClN3O4/c1-3-19-5-4-13-8-6-14-15(7-9(16)18-2)11(17)10(8)12/h6,13H,3-5,7H2,1-2H3. The van der Waals surface area contributed by atoms with Gasteiger partial charge in [0.05, 0.1) is 25.6 Å². The number of hydrogen-bond acceptors (Lipinski definition) is 6. The van der Waals surface area contributed by atoms with E-state index in [-0.39, 0.29) is 11.6 Å². The Hall–Kier alpha value is -1.60. The minimum Gasteiger partial charge on any atom is -0.468 e. The number of ether oxygens (including phenoxy) is 2. The quantitative estimate of drug-likeness (QED) is 0.582. The number of rotatable bonds is 7. The van der Waals surface area contributed by atoms with E-state index in [0.717, 1.165) is 4.68 Å². The molecule has 0 fully saturated rings. The Labute approximate surface area is 115 Å². The van der Waals surface area contributed by atoms with Gasteiger partial charge in [-0.3, -0.25) is 9.59 Å². The maximum Gasteiger partial charge on any atom is 0.327 e. The summed E-state index contributed by atoms with van der Waals surface area (Å²) in [4.78, 5) is 22.9. The summed E-state index contributed by atoms with van der Waals surface area (Å²) in [7, 11) is 1.23. The Morgan fingerprint density at radius 2 is 2.32 bits per heavy atom. The van der Waals surface area contributed by atoms with Crippen LogP contribution in [0.2, 0.25) is 5.02 Å².